The van der Waals surface area contributed by atoms with E-state index in [1.807, 2.05) is 6.92 Å². The van der Waals surface area contributed by atoms with Crippen molar-refractivity contribution in [3.05, 3.63) is 11.4 Å². The van der Waals surface area contributed by atoms with Crippen molar-refractivity contribution in [1.29, 1.82) is 0 Å². The van der Waals surface area contributed by atoms with E-state index in [0.717, 1.165) is 17.2 Å². The highest BCUT2D eigenvalue weighted by Crippen LogP contribution is 2.34. The smallest absolute Gasteiger partial charge is 0.148 e. The molecule has 1 aliphatic carbocycles. The molecule has 0 atom stereocenters. The number of hydrogen-bond acceptors (Lipinski definition) is 5. The monoisotopic (exact) mass is 277 g/mol. The van der Waals surface area contributed by atoms with Crippen LogP contribution in [0.2, 0.25) is 0 Å². The Balaban J connectivity index is 2.40. The van der Waals surface area contributed by atoms with Crippen molar-refractivity contribution in [3.63, 3.8) is 0 Å². The van der Waals surface area contributed by atoms with Gasteiger partial charge in [-0.05, 0) is 26.7 Å². The number of hydrogen-bond donors (Lipinski definition) is 3. The molecule has 0 bridgehead atoms. The normalized spacial score (nSPS) is 18.1. The number of nitrogens with zero attached hydrogens (tertiary/aromatic N) is 2. The van der Waals surface area contributed by atoms with Gasteiger partial charge in [-0.1, -0.05) is 33.6 Å². The molecule has 0 aliphatic heterocycles. The van der Waals surface area contributed by atoms with Crippen LogP contribution in [0, 0.1) is 6.92 Å². The molecular weight excluding hydrogens is 250 g/mol. The fourth-order valence-electron chi connectivity index (χ4n) is 2.68. The van der Waals surface area contributed by atoms with Gasteiger partial charge in [-0.3, -0.25) is 0 Å². The van der Waals surface area contributed by atoms with Crippen LogP contribution in [0.15, 0.2) is 0 Å². The van der Waals surface area contributed by atoms with E-state index >= 15 is 0 Å². The average molecular weight is 277 g/mol. The molecule has 0 saturated heterocycles. The molecular formula is C15H27N5. The molecule has 0 aromatic carbocycles. The molecule has 1 aromatic heterocycles. The third-order valence-electron chi connectivity index (χ3n) is 4.08. The van der Waals surface area contributed by atoms with Gasteiger partial charge >= 0.3 is 0 Å². The molecule has 0 unspecified atom stereocenters. The lowest BCUT2D eigenvalue weighted by molar-refractivity contribution is 0.521. The van der Waals surface area contributed by atoms with Gasteiger partial charge in [0, 0.05) is 16.5 Å². The van der Waals surface area contributed by atoms with Gasteiger partial charge in [0.05, 0.1) is 0 Å². The Morgan fingerprint density at radius 2 is 1.65 bits per heavy atom. The minimum atomic E-state index is -0.105. The van der Waals surface area contributed by atoms with Gasteiger partial charge in [0.2, 0.25) is 0 Å². The Labute approximate surface area is 121 Å². The topological polar surface area (TPSA) is 75.9 Å². The maximum Gasteiger partial charge on any atom is 0.148 e. The van der Waals surface area contributed by atoms with Gasteiger partial charge in [0.1, 0.15) is 17.5 Å². The second-order valence-corrected chi connectivity index (χ2v) is 7.16. The largest absolute Gasteiger partial charge is 0.365 e. The average Bonchev–Trinajstić information content (AvgIpc) is 2.77. The van der Waals surface area contributed by atoms with Crippen LogP contribution >= 0.6 is 0 Å². The zero-order chi connectivity index (χ0) is 15.0. The first-order chi connectivity index (χ1) is 9.25. The molecule has 1 fully saturated rings. The van der Waals surface area contributed by atoms with E-state index in [1.165, 1.54) is 25.7 Å². The van der Waals surface area contributed by atoms with Crippen LogP contribution in [0.4, 0.5) is 11.6 Å². The first-order valence-corrected chi connectivity index (χ1v) is 7.39. The lowest BCUT2D eigenvalue weighted by Crippen LogP contribution is -2.33. The summed E-state index contributed by atoms with van der Waals surface area (Å²) in [7, 11) is 0. The van der Waals surface area contributed by atoms with Crippen molar-refractivity contribution in [2.24, 2.45) is 5.84 Å². The van der Waals surface area contributed by atoms with E-state index in [1.54, 1.807) is 0 Å². The standard InChI is InChI=1S/C15H27N5/c1-10-11(19-15(5)8-6-7-9-15)17-13(14(2,3)4)18-12(10)20-16/h6-9,16H2,1-5H3,(H2,17,18,19,20). The molecule has 1 saturated carbocycles. The van der Waals surface area contributed by atoms with Crippen LogP contribution in [0.5, 0.6) is 0 Å². The first kappa shape index (κ1) is 15.0. The molecule has 4 N–H and O–H groups in total. The molecule has 5 heteroatoms. The fraction of sp³-hybridized carbons (Fsp3) is 0.733. The molecule has 0 spiro atoms. The van der Waals surface area contributed by atoms with Crippen LogP contribution in [0.25, 0.3) is 0 Å². The summed E-state index contributed by atoms with van der Waals surface area (Å²) >= 11 is 0. The fourth-order valence-corrected chi connectivity index (χ4v) is 2.68. The first-order valence-electron chi connectivity index (χ1n) is 7.39. The van der Waals surface area contributed by atoms with Gasteiger partial charge in [0.15, 0.2) is 0 Å². The summed E-state index contributed by atoms with van der Waals surface area (Å²) in [5, 5.41) is 3.63. The minimum absolute atomic E-state index is 0.105. The molecule has 0 amide bonds. The highest BCUT2D eigenvalue weighted by atomic mass is 15.3. The second-order valence-electron chi connectivity index (χ2n) is 7.16. The third-order valence-corrected chi connectivity index (χ3v) is 4.08. The predicted molar refractivity (Wildman–Crippen MR) is 83.8 cm³/mol. The maximum absolute atomic E-state index is 5.60. The zero-order valence-corrected chi connectivity index (χ0v) is 13.3. The van der Waals surface area contributed by atoms with E-state index in [0.29, 0.717) is 5.82 Å². The van der Waals surface area contributed by atoms with Crippen molar-refractivity contribution < 1.29 is 0 Å². The van der Waals surface area contributed by atoms with Crippen LogP contribution in [-0.4, -0.2) is 15.5 Å². The second kappa shape index (κ2) is 5.20. The molecule has 112 valence electrons. The van der Waals surface area contributed by atoms with E-state index in [-0.39, 0.29) is 11.0 Å². The highest BCUT2D eigenvalue weighted by molar-refractivity contribution is 5.58. The summed E-state index contributed by atoms with van der Waals surface area (Å²) in [6, 6.07) is 0. The van der Waals surface area contributed by atoms with Gasteiger partial charge in [-0.25, -0.2) is 15.8 Å². The predicted octanol–water partition coefficient (Wildman–Crippen LogP) is 3.11. The summed E-state index contributed by atoms with van der Waals surface area (Å²) in [5.74, 6) is 8.02. The summed E-state index contributed by atoms with van der Waals surface area (Å²) in [4.78, 5) is 9.28. The van der Waals surface area contributed by atoms with Crippen molar-refractivity contribution >= 4 is 11.6 Å². The highest BCUT2D eigenvalue weighted by Gasteiger charge is 2.30. The Morgan fingerprint density at radius 3 is 2.15 bits per heavy atom. The van der Waals surface area contributed by atoms with E-state index in [9.17, 15) is 0 Å². The summed E-state index contributed by atoms with van der Waals surface area (Å²) < 4.78 is 0. The van der Waals surface area contributed by atoms with E-state index < -0.39 is 0 Å². The summed E-state index contributed by atoms with van der Waals surface area (Å²) in [6.45, 7) is 10.6. The number of aromatic nitrogens is 2. The Bertz CT molecular complexity index is 484. The molecule has 1 aromatic rings. The van der Waals surface area contributed by atoms with E-state index in [2.05, 4.69) is 43.4 Å². The number of rotatable bonds is 3. The van der Waals surface area contributed by atoms with Gasteiger partial charge in [0.25, 0.3) is 0 Å². The Hall–Kier alpha value is -1.36. The van der Waals surface area contributed by atoms with Gasteiger partial charge in [-0.15, -0.1) is 0 Å². The maximum atomic E-state index is 5.60. The number of nitrogen functional groups attached to an aromatic ring is 1. The number of nitrogens with one attached hydrogen (secondary N) is 2. The van der Waals surface area contributed by atoms with Crippen LogP contribution in [0.3, 0.4) is 0 Å². The number of nitrogens with two attached hydrogens (primary N) is 1. The molecule has 1 aliphatic rings. The lowest BCUT2D eigenvalue weighted by Gasteiger charge is -2.28. The number of hydrazine groups is 1. The molecule has 0 radical (unpaired) electrons. The molecule has 2 rings (SSSR count). The Kier molecular flexibility index (Phi) is 3.91. The summed E-state index contributed by atoms with van der Waals surface area (Å²) in [6.07, 6.45) is 4.93. The van der Waals surface area contributed by atoms with Crippen molar-refractivity contribution in [3.8, 4) is 0 Å². The van der Waals surface area contributed by atoms with Crippen molar-refractivity contribution in [2.75, 3.05) is 10.7 Å². The summed E-state index contributed by atoms with van der Waals surface area (Å²) in [5.41, 5.74) is 3.71. The van der Waals surface area contributed by atoms with Gasteiger partial charge < -0.3 is 10.7 Å². The zero-order valence-electron chi connectivity index (χ0n) is 13.3. The molecule has 5 nitrogen and oxygen atoms in total. The minimum Gasteiger partial charge on any atom is -0.365 e. The third kappa shape index (κ3) is 3.03. The van der Waals surface area contributed by atoms with Crippen molar-refractivity contribution in [2.45, 2.75) is 71.3 Å². The quantitative estimate of drug-likeness (QED) is 0.584. The Morgan fingerprint density at radius 1 is 1.10 bits per heavy atom. The van der Waals surface area contributed by atoms with E-state index in [4.69, 9.17) is 10.8 Å². The lowest BCUT2D eigenvalue weighted by atomic mass is 9.95. The van der Waals surface area contributed by atoms with Crippen LogP contribution in [0.1, 0.15) is 64.8 Å². The SMILES string of the molecule is Cc1c(NN)nc(C(C)(C)C)nc1NC1(C)CCCC1. The van der Waals surface area contributed by atoms with Gasteiger partial charge in [-0.2, -0.15) is 0 Å². The molecule has 1 heterocycles. The molecule has 20 heavy (non-hydrogen) atoms. The van der Waals surface area contributed by atoms with Crippen molar-refractivity contribution in [1.82, 2.24) is 9.97 Å². The number of anilines is 2. The van der Waals surface area contributed by atoms with Crippen LogP contribution < -0.4 is 16.6 Å². The van der Waals surface area contributed by atoms with Crippen LogP contribution in [-0.2, 0) is 5.41 Å².